The number of fused-ring (bicyclic) bond motifs is 2. The minimum atomic E-state index is -0.294. The number of benzene rings is 2. The van der Waals surface area contributed by atoms with Crippen molar-refractivity contribution in [3.63, 3.8) is 0 Å². The van der Waals surface area contributed by atoms with Gasteiger partial charge in [0.2, 0.25) is 5.91 Å². The average molecular weight is 347 g/mol. The average Bonchev–Trinajstić information content (AvgIpc) is 2.93. The van der Waals surface area contributed by atoms with E-state index in [1.54, 1.807) is 10.6 Å². The van der Waals surface area contributed by atoms with Crippen LogP contribution in [0.3, 0.4) is 0 Å². The highest BCUT2D eigenvalue weighted by Gasteiger charge is 2.36. The molecular formula is C21H21N3O2. The van der Waals surface area contributed by atoms with Gasteiger partial charge in [-0.3, -0.25) is 14.2 Å². The molecule has 0 saturated carbocycles. The third kappa shape index (κ3) is 2.43. The van der Waals surface area contributed by atoms with Gasteiger partial charge >= 0.3 is 0 Å². The van der Waals surface area contributed by atoms with Gasteiger partial charge in [0, 0.05) is 25.2 Å². The second kappa shape index (κ2) is 6.41. The van der Waals surface area contributed by atoms with Gasteiger partial charge < -0.3 is 4.90 Å². The Morgan fingerprint density at radius 1 is 0.962 bits per heavy atom. The number of hydrogen-bond donors (Lipinski definition) is 0. The molecule has 1 aliphatic heterocycles. The zero-order valence-electron chi connectivity index (χ0n) is 15.0. The molecule has 0 fully saturated rings. The topological polar surface area (TPSA) is 55.2 Å². The Balaban J connectivity index is 1.83. The molecule has 1 aromatic heterocycles. The van der Waals surface area contributed by atoms with Crippen LogP contribution in [0.25, 0.3) is 10.9 Å². The van der Waals surface area contributed by atoms with E-state index < -0.39 is 0 Å². The number of para-hydroxylation sites is 2. The summed E-state index contributed by atoms with van der Waals surface area (Å²) in [7, 11) is 0. The lowest BCUT2D eigenvalue weighted by atomic mass is 9.96. The van der Waals surface area contributed by atoms with Crippen LogP contribution in [-0.2, 0) is 17.8 Å². The monoisotopic (exact) mass is 347 g/mol. The van der Waals surface area contributed by atoms with Crippen LogP contribution < -0.4 is 10.5 Å². The Kier molecular flexibility index (Phi) is 4.07. The fourth-order valence-electron chi connectivity index (χ4n) is 3.87. The smallest absolute Gasteiger partial charge is 0.261 e. The maximum Gasteiger partial charge on any atom is 0.261 e. The van der Waals surface area contributed by atoms with Crippen molar-refractivity contribution in [2.45, 2.75) is 32.7 Å². The van der Waals surface area contributed by atoms with Crippen LogP contribution in [0.2, 0.25) is 0 Å². The summed E-state index contributed by atoms with van der Waals surface area (Å²) in [5.74, 6) is 0.457. The van der Waals surface area contributed by atoms with E-state index >= 15 is 0 Å². The van der Waals surface area contributed by atoms with E-state index in [-0.39, 0.29) is 17.4 Å². The molecule has 2 aromatic carbocycles. The first kappa shape index (κ1) is 16.5. The van der Waals surface area contributed by atoms with Crippen LogP contribution in [0, 0.1) is 0 Å². The lowest BCUT2D eigenvalue weighted by molar-refractivity contribution is -0.119. The van der Waals surface area contributed by atoms with Crippen LogP contribution in [-0.4, -0.2) is 22.0 Å². The van der Waals surface area contributed by atoms with Gasteiger partial charge in [-0.2, -0.15) is 0 Å². The molecule has 2 heterocycles. The minimum absolute atomic E-state index is 0.0424. The summed E-state index contributed by atoms with van der Waals surface area (Å²) in [4.78, 5) is 32.3. The number of carbonyl (C=O) groups excluding carboxylic acids is 1. The number of nitrogens with zero attached hydrogens (tertiary/aromatic N) is 3. The summed E-state index contributed by atoms with van der Waals surface area (Å²) >= 11 is 0. The van der Waals surface area contributed by atoms with E-state index in [0.29, 0.717) is 36.2 Å². The number of aromatic nitrogens is 2. The Bertz CT molecular complexity index is 1050. The van der Waals surface area contributed by atoms with Crippen LogP contribution in [0.5, 0.6) is 0 Å². The van der Waals surface area contributed by atoms with Gasteiger partial charge in [0.1, 0.15) is 5.82 Å². The summed E-state index contributed by atoms with van der Waals surface area (Å²) in [6.45, 7) is 5.08. The molecule has 0 N–H and O–H groups in total. The van der Waals surface area contributed by atoms with E-state index in [1.807, 2.05) is 61.2 Å². The molecule has 5 nitrogen and oxygen atoms in total. The lowest BCUT2D eigenvalue weighted by Gasteiger charge is -2.16. The first-order valence-electron chi connectivity index (χ1n) is 9.04. The first-order chi connectivity index (χ1) is 12.7. The van der Waals surface area contributed by atoms with Crippen molar-refractivity contribution < 1.29 is 4.79 Å². The molecule has 1 amide bonds. The summed E-state index contributed by atoms with van der Waals surface area (Å²) < 4.78 is 1.69. The number of carbonyl (C=O) groups is 1. The lowest BCUT2D eigenvalue weighted by Crippen LogP contribution is -2.31. The predicted molar refractivity (Wildman–Crippen MR) is 103 cm³/mol. The van der Waals surface area contributed by atoms with Crippen LogP contribution in [0.15, 0.2) is 53.3 Å². The van der Waals surface area contributed by atoms with Gasteiger partial charge in [0.05, 0.1) is 16.8 Å². The number of amides is 1. The van der Waals surface area contributed by atoms with Crippen molar-refractivity contribution in [2.24, 2.45) is 0 Å². The van der Waals surface area contributed by atoms with Gasteiger partial charge in [0.15, 0.2) is 0 Å². The Hall–Kier alpha value is -2.95. The van der Waals surface area contributed by atoms with Crippen molar-refractivity contribution in [2.75, 3.05) is 11.4 Å². The molecule has 1 aliphatic rings. The molecule has 4 rings (SSSR count). The van der Waals surface area contributed by atoms with E-state index in [4.69, 9.17) is 4.98 Å². The van der Waals surface area contributed by atoms with Crippen molar-refractivity contribution in [3.8, 4) is 0 Å². The molecule has 0 saturated heterocycles. The Morgan fingerprint density at radius 3 is 2.46 bits per heavy atom. The molecule has 5 heteroatoms. The third-order valence-electron chi connectivity index (χ3n) is 5.13. The van der Waals surface area contributed by atoms with E-state index in [1.165, 1.54) is 0 Å². The minimum Gasteiger partial charge on any atom is -0.312 e. The van der Waals surface area contributed by atoms with Gasteiger partial charge in [0.25, 0.3) is 5.56 Å². The van der Waals surface area contributed by atoms with Crippen molar-refractivity contribution in [3.05, 3.63) is 70.3 Å². The fraction of sp³-hybridized carbons (Fsp3) is 0.286. The standard InChI is InChI=1S/C21H21N3O2/c1-3-23-18-12-8-6-9-14(18)16(21(23)26)13-19-22-17-11-7-5-10-15(17)20(25)24(19)4-2/h5-12,16H,3-4,13H2,1-2H3/t16-/m0/s1. The van der Waals surface area contributed by atoms with Gasteiger partial charge in [-0.15, -0.1) is 0 Å². The Morgan fingerprint density at radius 2 is 1.69 bits per heavy atom. The molecule has 0 spiro atoms. The quantitative estimate of drug-likeness (QED) is 0.729. The highest BCUT2D eigenvalue weighted by molar-refractivity contribution is 6.05. The highest BCUT2D eigenvalue weighted by Crippen LogP contribution is 2.38. The van der Waals surface area contributed by atoms with Crippen molar-refractivity contribution in [1.29, 1.82) is 0 Å². The van der Waals surface area contributed by atoms with Gasteiger partial charge in [-0.25, -0.2) is 4.98 Å². The van der Waals surface area contributed by atoms with Gasteiger partial charge in [-0.1, -0.05) is 30.3 Å². The number of likely N-dealkylation sites (N-methyl/N-ethyl adjacent to an activating group) is 1. The third-order valence-corrected chi connectivity index (χ3v) is 5.13. The largest absolute Gasteiger partial charge is 0.312 e. The molecule has 0 aliphatic carbocycles. The molecule has 26 heavy (non-hydrogen) atoms. The zero-order valence-corrected chi connectivity index (χ0v) is 15.0. The summed E-state index contributed by atoms with van der Waals surface area (Å²) in [5.41, 5.74) is 2.63. The van der Waals surface area contributed by atoms with E-state index in [9.17, 15) is 9.59 Å². The first-order valence-corrected chi connectivity index (χ1v) is 9.04. The zero-order chi connectivity index (χ0) is 18.3. The second-order valence-electron chi connectivity index (χ2n) is 6.49. The summed E-state index contributed by atoms with van der Waals surface area (Å²) in [6.07, 6.45) is 0.431. The summed E-state index contributed by atoms with van der Waals surface area (Å²) in [5, 5.41) is 0.617. The molecule has 3 aromatic rings. The number of rotatable bonds is 4. The maximum absolute atomic E-state index is 13.0. The molecule has 0 radical (unpaired) electrons. The maximum atomic E-state index is 13.0. The molecule has 0 bridgehead atoms. The van der Waals surface area contributed by atoms with Crippen LogP contribution >= 0.6 is 0 Å². The molecule has 0 unspecified atom stereocenters. The molecule has 1 atom stereocenters. The van der Waals surface area contributed by atoms with E-state index in [2.05, 4.69) is 0 Å². The van der Waals surface area contributed by atoms with Gasteiger partial charge in [-0.05, 0) is 37.6 Å². The number of hydrogen-bond acceptors (Lipinski definition) is 3. The SMILES string of the molecule is CCN1C(=O)[C@@H](Cc2nc3ccccc3c(=O)n2CC)c2ccccc21. The van der Waals surface area contributed by atoms with Crippen LogP contribution in [0.1, 0.15) is 31.2 Å². The summed E-state index contributed by atoms with van der Waals surface area (Å²) in [6, 6.07) is 15.3. The normalized spacial score (nSPS) is 16.3. The highest BCUT2D eigenvalue weighted by atomic mass is 16.2. The molecule has 132 valence electrons. The predicted octanol–water partition coefficient (Wildman–Crippen LogP) is 3.11. The van der Waals surface area contributed by atoms with Crippen molar-refractivity contribution in [1.82, 2.24) is 9.55 Å². The van der Waals surface area contributed by atoms with Crippen LogP contribution in [0.4, 0.5) is 5.69 Å². The van der Waals surface area contributed by atoms with E-state index in [0.717, 1.165) is 11.3 Å². The Labute approximate surface area is 151 Å². The molecular weight excluding hydrogens is 326 g/mol. The second-order valence-corrected chi connectivity index (χ2v) is 6.49. The fourth-order valence-corrected chi connectivity index (χ4v) is 3.87. The van der Waals surface area contributed by atoms with Crippen molar-refractivity contribution >= 4 is 22.5 Å². The number of anilines is 1.